The molecule has 5 aromatic rings. The number of hydrogen-bond acceptors (Lipinski definition) is 9. The fourth-order valence-corrected chi connectivity index (χ4v) is 4.67. The second-order valence-electron chi connectivity index (χ2n) is 9.07. The predicted octanol–water partition coefficient (Wildman–Crippen LogP) is 4.39. The number of nitrogens with one attached hydrogen (secondary N) is 2. The van der Waals surface area contributed by atoms with Crippen molar-refractivity contribution in [3.8, 4) is 17.2 Å². The van der Waals surface area contributed by atoms with Crippen molar-refractivity contribution in [2.75, 3.05) is 43.5 Å². The number of H-pyrrole nitrogens is 1. The maximum Gasteiger partial charge on any atom is 0.257 e. The number of aromatic amines is 1. The van der Waals surface area contributed by atoms with Crippen LogP contribution in [0, 0.1) is 6.92 Å². The molecule has 4 heterocycles. The van der Waals surface area contributed by atoms with E-state index >= 15 is 0 Å². The zero-order chi connectivity index (χ0) is 25.2. The summed E-state index contributed by atoms with van der Waals surface area (Å²) in [7, 11) is 1.73. The quantitative estimate of drug-likeness (QED) is 0.339. The number of pyridine rings is 1. The molecule has 0 saturated carbocycles. The first-order valence-corrected chi connectivity index (χ1v) is 12.3. The van der Waals surface area contributed by atoms with Crippen LogP contribution in [-0.2, 0) is 6.54 Å². The smallest absolute Gasteiger partial charge is 0.257 e. The van der Waals surface area contributed by atoms with Gasteiger partial charge in [0.05, 0.1) is 23.8 Å². The Labute approximate surface area is 214 Å². The van der Waals surface area contributed by atoms with Gasteiger partial charge < -0.3 is 24.5 Å². The summed E-state index contributed by atoms with van der Waals surface area (Å²) in [6.45, 7) is 6.54. The molecular weight excluding hydrogens is 468 g/mol. The number of para-hydroxylation sites is 2. The van der Waals surface area contributed by atoms with Crippen LogP contribution in [0.25, 0.3) is 22.5 Å². The molecule has 0 radical (unpaired) electrons. The molecule has 1 aliphatic heterocycles. The summed E-state index contributed by atoms with van der Waals surface area (Å²) in [6.07, 6.45) is 1.83. The first-order chi connectivity index (χ1) is 18.1. The average Bonchev–Trinajstić information content (AvgIpc) is 3.54. The molecule has 2 aromatic carbocycles. The van der Waals surface area contributed by atoms with Crippen LogP contribution in [0.1, 0.15) is 11.4 Å². The lowest BCUT2D eigenvalue weighted by molar-refractivity contribution is 0.249. The molecule has 0 spiro atoms. The fraction of sp³-hybridized carbons (Fsp3) is 0.259. The number of nitrogens with zero attached hydrogens (tertiary/aromatic N) is 6. The summed E-state index contributed by atoms with van der Waals surface area (Å²) in [5.74, 6) is 3.39. The molecule has 1 saturated heterocycles. The molecule has 0 aliphatic carbocycles. The van der Waals surface area contributed by atoms with Crippen molar-refractivity contribution in [1.82, 2.24) is 30.0 Å². The molecule has 188 valence electrons. The van der Waals surface area contributed by atoms with Crippen molar-refractivity contribution < 1.29 is 9.26 Å². The van der Waals surface area contributed by atoms with Gasteiger partial charge in [-0.15, -0.1) is 0 Å². The van der Waals surface area contributed by atoms with Crippen LogP contribution in [-0.4, -0.2) is 63.3 Å². The summed E-state index contributed by atoms with van der Waals surface area (Å²) < 4.78 is 10.8. The number of aromatic nitrogens is 5. The third-order valence-corrected chi connectivity index (χ3v) is 6.53. The van der Waals surface area contributed by atoms with Crippen LogP contribution in [0.15, 0.2) is 65.3 Å². The van der Waals surface area contributed by atoms with Crippen molar-refractivity contribution in [2.45, 2.75) is 13.5 Å². The van der Waals surface area contributed by atoms with E-state index in [1.807, 2.05) is 36.5 Å². The van der Waals surface area contributed by atoms with Gasteiger partial charge in [-0.25, -0.2) is 9.97 Å². The Balaban J connectivity index is 1.10. The number of benzene rings is 2. The standard InChI is InChI=1S/C27H28N8O2/c1-18-29-26(37-33-18)20-7-8-21-22(16-20)31-27(30-21)32-25-15-19(9-10-28-25)17-34-11-13-35(14-12-34)23-5-3-4-6-24(23)36-2/h3-10,15-16H,11-14,17H2,1-2H3,(H2,28,30,31,32). The minimum atomic E-state index is 0.488. The molecule has 37 heavy (non-hydrogen) atoms. The fourth-order valence-electron chi connectivity index (χ4n) is 4.67. The van der Waals surface area contributed by atoms with Crippen LogP contribution < -0.4 is 15.0 Å². The number of methoxy groups -OCH3 is 1. The molecule has 2 N–H and O–H groups in total. The molecule has 10 heteroatoms. The van der Waals surface area contributed by atoms with E-state index in [0.717, 1.165) is 66.6 Å². The highest BCUT2D eigenvalue weighted by Gasteiger charge is 2.20. The summed E-state index contributed by atoms with van der Waals surface area (Å²) in [5, 5.41) is 7.17. The second kappa shape index (κ2) is 9.90. The van der Waals surface area contributed by atoms with Gasteiger partial charge in [0.25, 0.3) is 5.89 Å². The van der Waals surface area contributed by atoms with Gasteiger partial charge in [0, 0.05) is 44.5 Å². The Hall–Kier alpha value is -4.44. The number of fused-ring (bicyclic) bond motifs is 1. The topological polar surface area (TPSA) is 108 Å². The lowest BCUT2D eigenvalue weighted by atomic mass is 10.2. The van der Waals surface area contributed by atoms with Crippen molar-refractivity contribution in [3.63, 3.8) is 0 Å². The minimum absolute atomic E-state index is 0.488. The lowest BCUT2D eigenvalue weighted by Gasteiger charge is -2.36. The van der Waals surface area contributed by atoms with Crippen molar-refractivity contribution >= 4 is 28.5 Å². The largest absolute Gasteiger partial charge is 0.495 e. The molecule has 0 amide bonds. The summed E-state index contributed by atoms with van der Waals surface area (Å²) in [5.41, 5.74) is 4.92. The van der Waals surface area contributed by atoms with Gasteiger partial charge in [0.2, 0.25) is 5.95 Å². The summed E-state index contributed by atoms with van der Waals surface area (Å²) in [6, 6.07) is 18.2. The molecular formula is C27H28N8O2. The Morgan fingerprint density at radius 2 is 1.89 bits per heavy atom. The molecule has 0 atom stereocenters. The van der Waals surface area contributed by atoms with Crippen LogP contribution in [0.5, 0.6) is 5.75 Å². The Morgan fingerprint density at radius 1 is 1.03 bits per heavy atom. The van der Waals surface area contributed by atoms with E-state index in [1.165, 1.54) is 5.56 Å². The molecule has 3 aromatic heterocycles. The highest BCUT2D eigenvalue weighted by molar-refractivity contribution is 5.82. The third kappa shape index (κ3) is 4.96. The number of aryl methyl sites for hydroxylation is 1. The van der Waals surface area contributed by atoms with Crippen LogP contribution in [0.2, 0.25) is 0 Å². The van der Waals surface area contributed by atoms with Gasteiger partial charge in [-0.05, 0) is 55.0 Å². The van der Waals surface area contributed by atoms with Crippen molar-refractivity contribution in [3.05, 3.63) is 72.2 Å². The second-order valence-corrected chi connectivity index (χ2v) is 9.07. The zero-order valence-electron chi connectivity index (χ0n) is 20.8. The van der Waals surface area contributed by atoms with Crippen LogP contribution >= 0.6 is 0 Å². The van der Waals surface area contributed by atoms with Crippen LogP contribution in [0.4, 0.5) is 17.5 Å². The molecule has 0 bridgehead atoms. The molecule has 10 nitrogen and oxygen atoms in total. The van der Waals surface area contributed by atoms with Crippen molar-refractivity contribution in [1.29, 1.82) is 0 Å². The van der Waals surface area contributed by atoms with E-state index in [2.05, 4.69) is 64.5 Å². The molecule has 0 unspecified atom stereocenters. The van der Waals surface area contributed by atoms with Gasteiger partial charge in [0.15, 0.2) is 5.82 Å². The van der Waals surface area contributed by atoms with Gasteiger partial charge in [-0.1, -0.05) is 17.3 Å². The van der Waals surface area contributed by atoms with Gasteiger partial charge in [-0.3, -0.25) is 4.90 Å². The van der Waals surface area contributed by atoms with E-state index in [-0.39, 0.29) is 0 Å². The Morgan fingerprint density at radius 3 is 2.70 bits per heavy atom. The first-order valence-electron chi connectivity index (χ1n) is 12.3. The third-order valence-electron chi connectivity index (χ3n) is 6.53. The highest BCUT2D eigenvalue weighted by atomic mass is 16.5. The van der Waals surface area contributed by atoms with E-state index < -0.39 is 0 Å². The SMILES string of the molecule is COc1ccccc1N1CCN(Cc2ccnc(Nc3nc4ccc(-c5nc(C)no5)cc4[nH]3)c2)CC1. The maximum atomic E-state index is 5.54. The number of rotatable bonds is 7. The lowest BCUT2D eigenvalue weighted by Crippen LogP contribution is -2.46. The van der Waals surface area contributed by atoms with Gasteiger partial charge >= 0.3 is 0 Å². The summed E-state index contributed by atoms with van der Waals surface area (Å²) in [4.78, 5) is 21.6. The minimum Gasteiger partial charge on any atom is -0.495 e. The normalized spacial score (nSPS) is 14.3. The van der Waals surface area contributed by atoms with E-state index in [4.69, 9.17) is 9.26 Å². The van der Waals surface area contributed by atoms with E-state index in [0.29, 0.717) is 17.7 Å². The molecule has 6 rings (SSSR count). The Kier molecular flexibility index (Phi) is 6.15. The number of hydrogen-bond donors (Lipinski definition) is 2. The monoisotopic (exact) mass is 496 g/mol. The number of ether oxygens (including phenoxy) is 1. The Bertz CT molecular complexity index is 1520. The number of piperazine rings is 1. The van der Waals surface area contributed by atoms with Gasteiger partial charge in [0.1, 0.15) is 11.6 Å². The molecule has 1 aliphatic rings. The predicted molar refractivity (Wildman–Crippen MR) is 142 cm³/mol. The van der Waals surface area contributed by atoms with Crippen molar-refractivity contribution in [2.24, 2.45) is 0 Å². The van der Waals surface area contributed by atoms with Gasteiger partial charge in [-0.2, -0.15) is 4.98 Å². The number of anilines is 3. The summed E-state index contributed by atoms with van der Waals surface area (Å²) >= 11 is 0. The molecule has 1 fully saturated rings. The maximum absolute atomic E-state index is 5.54. The van der Waals surface area contributed by atoms with Crippen LogP contribution in [0.3, 0.4) is 0 Å². The highest BCUT2D eigenvalue weighted by Crippen LogP contribution is 2.29. The average molecular weight is 497 g/mol. The first kappa shape index (κ1) is 23.0. The van der Waals surface area contributed by atoms with E-state index in [1.54, 1.807) is 14.0 Å². The van der Waals surface area contributed by atoms with E-state index in [9.17, 15) is 0 Å². The number of imidazole rings is 1. The zero-order valence-corrected chi connectivity index (χ0v) is 20.8.